The van der Waals surface area contributed by atoms with Gasteiger partial charge >= 0.3 is 0 Å². The van der Waals surface area contributed by atoms with Crippen molar-refractivity contribution in [3.05, 3.63) is 71.9 Å². The molecule has 2 aliphatic rings. The van der Waals surface area contributed by atoms with Crippen molar-refractivity contribution in [3.63, 3.8) is 0 Å². The van der Waals surface area contributed by atoms with E-state index in [0.717, 1.165) is 31.2 Å². The molecule has 0 heterocycles. The van der Waals surface area contributed by atoms with Gasteiger partial charge in [0.2, 0.25) is 0 Å². The molecule has 1 nitrogen and oxygen atoms in total. The van der Waals surface area contributed by atoms with E-state index in [4.69, 9.17) is 5.26 Å². The zero-order valence-electron chi connectivity index (χ0n) is 16.4. The van der Waals surface area contributed by atoms with Crippen molar-refractivity contribution >= 4 is 0 Å². The Kier molecular flexibility index (Phi) is 7.60. The van der Waals surface area contributed by atoms with Gasteiger partial charge in [-0.3, -0.25) is 0 Å². The van der Waals surface area contributed by atoms with Gasteiger partial charge in [-0.25, -0.2) is 8.78 Å². The second-order valence-corrected chi connectivity index (χ2v) is 8.22. The molecular formula is C25H29F2N. The lowest BCUT2D eigenvalue weighted by Gasteiger charge is -2.28. The lowest BCUT2D eigenvalue weighted by molar-refractivity contribution is 0.348. The van der Waals surface area contributed by atoms with Gasteiger partial charge in [0, 0.05) is 6.08 Å². The normalized spacial score (nSPS) is 28.9. The summed E-state index contributed by atoms with van der Waals surface area (Å²) in [6.45, 7) is 0. The monoisotopic (exact) mass is 381 g/mol. The zero-order valence-corrected chi connectivity index (χ0v) is 16.4. The summed E-state index contributed by atoms with van der Waals surface area (Å²) < 4.78 is 26.6. The minimum atomic E-state index is -0.760. The molecule has 2 saturated carbocycles. The Morgan fingerprint density at radius 2 is 1.32 bits per heavy atom. The first-order valence-corrected chi connectivity index (χ1v) is 10.5. The van der Waals surface area contributed by atoms with Gasteiger partial charge in [-0.2, -0.15) is 5.26 Å². The highest BCUT2D eigenvalue weighted by atomic mass is 19.2. The van der Waals surface area contributed by atoms with Gasteiger partial charge in [-0.05, 0) is 92.7 Å². The fraction of sp³-hybridized carbons (Fsp3) is 0.480. The Balaban J connectivity index is 1.41. The number of hydrogen-bond donors (Lipinski definition) is 0. The number of hydrogen-bond acceptors (Lipinski definition) is 1. The SMILES string of the molecule is N#CC=CC=CC1CCC(/C=C/C2CCC(c3ccc(F)c(F)c3)CC2)CC1. The maximum Gasteiger partial charge on any atom is 0.159 e. The van der Waals surface area contributed by atoms with E-state index in [1.165, 1.54) is 43.9 Å². The summed E-state index contributed by atoms with van der Waals surface area (Å²) in [5.41, 5.74) is 0.942. The molecule has 2 fully saturated rings. The Bertz CT molecular complexity index is 755. The van der Waals surface area contributed by atoms with Crippen LogP contribution in [0.3, 0.4) is 0 Å². The molecular weight excluding hydrogens is 352 g/mol. The van der Waals surface area contributed by atoms with E-state index in [2.05, 4.69) is 18.2 Å². The lowest BCUT2D eigenvalue weighted by Crippen LogP contribution is -2.14. The first-order valence-electron chi connectivity index (χ1n) is 10.5. The van der Waals surface area contributed by atoms with E-state index >= 15 is 0 Å². The van der Waals surface area contributed by atoms with E-state index < -0.39 is 11.6 Å². The summed E-state index contributed by atoms with van der Waals surface area (Å²) in [5.74, 6) is 0.811. The molecule has 0 aromatic heterocycles. The number of benzene rings is 1. The van der Waals surface area contributed by atoms with Crippen molar-refractivity contribution in [1.29, 1.82) is 5.26 Å². The summed E-state index contributed by atoms with van der Waals surface area (Å²) in [4.78, 5) is 0. The van der Waals surface area contributed by atoms with Crippen LogP contribution >= 0.6 is 0 Å². The highest BCUT2D eigenvalue weighted by Crippen LogP contribution is 2.37. The van der Waals surface area contributed by atoms with Crippen molar-refractivity contribution in [2.24, 2.45) is 17.8 Å². The summed E-state index contributed by atoms with van der Waals surface area (Å²) in [7, 11) is 0. The molecule has 0 N–H and O–H groups in total. The average Bonchev–Trinajstić information content (AvgIpc) is 2.73. The number of allylic oxidation sites excluding steroid dienone is 6. The summed E-state index contributed by atoms with van der Waals surface area (Å²) >= 11 is 0. The first kappa shape index (κ1) is 20.5. The van der Waals surface area contributed by atoms with Gasteiger partial charge in [-0.1, -0.05) is 36.4 Å². The van der Waals surface area contributed by atoms with Crippen LogP contribution in [0.15, 0.2) is 54.7 Å². The Morgan fingerprint density at radius 3 is 1.89 bits per heavy atom. The quantitative estimate of drug-likeness (QED) is 0.300. The second-order valence-electron chi connectivity index (χ2n) is 8.22. The van der Waals surface area contributed by atoms with Crippen molar-refractivity contribution in [1.82, 2.24) is 0 Å². The highest BCUT2D eigenvalue weighted by molar-refractivity contribution is 5.22. The molecule has 0 atom stereocenters. The van der Waals surface area contributed by atoms with Crippen LogP contribution in [0, 0.1) is 40.7 Å². The maximum absolute atomic E-state index is 13.5. The number of rotatable bonds is 5. The molecule has 148 valence electrons. The molecule has 1 aromatic rings. The minimum Gasteiger partial charge on any atom is -0.204 e. The predicted octanol–water partition coefficient (Wildman–Crippen LogP) is 7.24. The third kappa shape index (κ3) is 5.89. The standard InChI is InChI=1S/C25H29F2N/c26-24-16-15-23(18-25(24)27)22-13-11-21(12-14-22)10-9-20-7-5-19(6-8-20)4-2-1-3-17-28/h1-4,9-10,15-16,18-22H,5-8,11-14H2/b3-1?,4-2?,10-9+. The van der Waals surface area contributed by atoms with Crippen LogP contribution in [0.2, 0.25) is 0 Å². The van der Waals surface area contributed by atoms with Crippen molar-refractivity contribution < 1.29 is 8.78 Å². The Morgan fingerprint density at radius 1 is 0.750 bits per heavy atom. The molecule has 0 radical (unpaired) electrons. The molecule has 28 heavy (non-hydrogen) atoms. The van der Waals surface area contributed by atoms with Crippen LogP contribution in [0.4, 0.5) is 8.78 Å². The van der Waals surface area contributed by atoms with Gasteiger partial charge in [0.25, 0.3) is 0 Å². The maximum atomic E-state index is 13.5. The van der Waals surface area contributed by atoms with Crippen molar-refractivity contribution in [2.75, 3.05) is 0 Å². The van der Waals surface area contributed by atoms with Crippen LogP contribution in [0.5, 0.6) is 0 Å². The third-order valence-electron chi connectivity index (χ3n) is 6.32. The summed E-state index contributed by atoms with van der Waals surface area (Å²) in [6, 6.07) is 6.37. The van der Waals surface area contributed by atoms with Crippen LogP contribution < -0.4 is 0 Å². The Hall–Kier alpha value is -2.21. The van der Waals surface area contributed by atoms with E-state index in [1.807, 2.05) is 18.2 Å². The second kappa shape index (κ2) is 10.4. The van der Waals surface area contributed by atoms with E-state index in [9.17, 15) is 8.78 Å². The molecule has 3 rings (SSSR count). The lowest BCUT2D eigenvalue weighted by atomic mass is 9.77. The molecule has 0 bridgehead atoms. The Labute approximate surface area is 167 Å². The minimum absolute atomic E-state index is 0.358. The summed E-state index contributed by atoms with van der Waals surface area (Å²) in [5, 5.41) is 8.49. The molecule has 0 spiro atoms. The summed E-state index contributed by atoms with van der Waals surface area (Å²) in [6.07, 6.45) is 21.6. The zero-order chi connectivity index (χ0) is 19.8. The van der Waals surface area contributed by atoms with Crippen molar-refractivity contribution in [2.45, 2.75) is 57.3 Å². The van der Waals surface area contributed by atoms with E-state index in [0.29, 0.717) is 23.7 Å². The van der Waals surface area contributed by atoms with Gasteiger partial charge in [0.15, 0.2) is 11.6 Å². The molecule has 0 saturated heterocycles. The molecule has 3 heteroatoms. The predicted molar refractivity (Wildman–Crippen MR) is 110 cm³/mol. The topological polar surface area (TPSA) is 23.8 Å². The fourth-order valence-electron chi connectivity index (χ4n) is 4.58. The van der Waals surface area contributed by atoms with Crippen molar-refractivity contribution in [3.8, 4) is 6.07 Å². The third-order valence-corrected chi connectivity index (χ3v) is 6.32. The molecule has 2 aliphatic carbocycles. The van der Waals surface area contributed by atoms with Gasteiger partial charge < -0.3 is 0 Å². The average molecular weight is 382 g/mol. The van der Waals surface area contributed by atoms with Crippen LogP contribution in [0.1, 0.15) is 62.8 Å². The molecule has 0 aliphatic heterocycles. The molecule has 0 unspecified atom stereocenters. The smallest absolute Gasteiger partial charge is 0.159 e. The highest BCUT2D eigenvalue weighted by Gasteiger charge is 2.23. The first-order chi connectivity index (χ1) is 13.7. The van der Waals surface area contributed by atoms with Crippen LogP contribution in [-0.2, 0) is 0 Å². The van der Waals surface area contributed by atoms with E-state index in [1.54, 1.807) is 6.07 Å². The number of nitrogens with zero attached hydrogens (tertiary/aromatic N) is 1. The van der Waals surface area contributed by atoms with Crippen LogP contribution in [0.25, 0.3) is 0 Å². The fourth-order valence-corrected chi connectivity index (χ4v) is 4.58. The molecule has 0 amide bonds. The molecule has 1 aromatic carbocycles. The van der Waals surface area contributed by atoms with E-state index in [-0.39, 0.29) is 0 Å². The van der Waals surface area contributed by atoms with Gasteiger partial charge in [0.05, 0.1) is 6.07 Å². The largest absolute Gasteiger partial charge is 0.204 e. The van der Waals surface area contributed by atoms with Gasteiger partial charge in [0.1, 0.15) is 0 Å². The number of nitriles is 1. The van der Waals surface area contributed by atoms with Gasteiger partial charge in [-0.15, -0.1) is 0 Å². The number of halogens is 2. The van der Waals surface area contributed by atoms with Crippen LogP contribution in [-0.4, -0.2) is 0 Å².